The second-order valence-corrected chi connectivity index (χ2v) is 4.27. The summed E-state index contributed by atoms with van der Waals surface area (Å²) in [7, 11) is 1.30. The summed E-state index contributed by atoms with van der Waals surface area (Å²) < 4.78 is 9.89. The standard InChI is InChI=1S/C14H16O4/c1-3-18-13(16)14(12(15)17-2)9-8-10-6-4-5-7-11(10)14/h4-7H,3,8-9H2,1-2H3. The second kappa shape index (κ2) is 4.80. The van der Waals surface area contributed by atoms with Crippen molar-refractivity contribution in [3.05, 3.63) is 35.4 Å². The summed E-state index contributed by atoms with van der Waals surface area (Å²) in [5, 5.41) is 0. The van der Waals surface area contributed by atoms with Crippen LogP contribution in [0.5, 0.6) is 0 Å². The zero-order valence-corrected chi connectivity index (χ0v) is 10.6. The van der Waals surface area contributed by atoms with E-state index in [0.29, 0.717) is 12.8 Å². The largest absolute Gasteiger partial charge is 0.468 e. The molecule has 2 rings (SSSR count). The molecule has 4 heteroatoms. The van der Waals surface area contributed by atoms with Crippen molar-refractivity contribution in [1.82, 2.24) is 0 Å². The number of rotatable bonds is 3. The van der Waals surface area contributed by atoms with Gasteiger partial charge in [0.15, 0.2) is 5.41 Å². The zero-order chi connectivity index (χ0) is 13.2. The quantitative estimate of drug-likeness (QED) is 0.602. The number of esters is 2. The summed E-state index contributed by atoms with van der Waals surface area (Å²) in [6, 6.07) is 7.45. The highest BCUT2D eigenvalue weighted by atomic mass is 16.6. The molecule has 0 saturated heterocycles. The molecule has 0 aromatic heterocycles. The van der Waals surface area contributed by atoms with Gasteiger partial charge in [0, 0.05) is 0 Å². The van der Waals surface area contributed by atoms with Gasteiger partial charge in [0.25, 0.3) is 0 Å². The van der Waals surface area contributed by atoms with E-state index in [-0.39, 0.29) is 6.61 Å². The Morgan fingerprint density at radius 2 is 2.00 bits per heavy atom. The number of carbonyl (C=O) groups is 2. The van der Waals surface area contributed by atoms with E-state index < -0.39 is 17.4 Å². The van der Waals surface area contributed by atoms with Gasteiger partial charge in [-0.1, -0.05) is 24.3 Å². The number of hydrogen-bond acceptors (Lipinski definition) is 4. The number of fused-ring (bicyclic) bond motifs is 1. The van der Waals surface area contributed by atoms with Crippen LogP contribution >= 0.6 is 0 Å². The maximum absolute atomic E-state index is 12.2. The van der Waals surface area contributed by atoms with Crippen LogP contribution in [0.1, 0.15) is 24.5 Å². The summed E-state index contributed by atoms with van der Waals surface area (Å²) in [4.78, 5) is 24.3. The van der Waals surface area contributed by atoms with Crippen molar-refractivity contribution >= 4 is 11.9 Å². The predicted molar refractivity (Wildman–Crippen MR) is 65.1 cm³/mol. The van der Waals surface area contributed by atoms with E-state index in [0.717, 1.165) is 11.1 Å². The van der Waals surface area contributed by atoms with Crippen LogP contribution in [0, 0.1) is 0 Å². The Hall–Kier alpha value is -1.84. The van der Waals surface area contributed by atoms with Gasteiger partial charge in [-0.3, -0.25) is 9.59 Å². The minimum absolute atomic E-state index is 0.250. The Kier molecular flexibility index (Phi) is 3.36. The van der Waals surface area contributed by atoms with Gasteiger partial charge in [-0.05, 0) is 30.9 Å². The Bertz CT molecular complexity index is 480. The molecule has 0 heterocycles. The maximum atomic E-state index is 12.2. The Labute approximate surface area is 106 Å². The fourth-order valence-electron chi connectivity index (χ4n) is 2.55. The van der Waals surface area contributed by atoms with Crippen molar-refractivity contribution in [2.45, 2.75) is 25.2 Å². The molecule has 1 unspecified atom stereocenters. The first kappa shape index (κ1) is 12.6. The molecule has 4 nitrogen and oxygen atoms in total. The molecule has 0 N–H and O–H groups in total. The van der Waals surface area contributed by atoms with E-state index in [4.69, 9.17) is 9.47 Å². The fraction of sp³-hybridized carbons (Fsp3) is 0.429. The third-order valence-electron chi connectivity index (χ3n) is 3.40. The van der Waals surface area contributed by atoms with Crippen LogP contribution in [0.15, 0.2) is 24.3 Å². The van der Waals surface area contributed by atoms with Crippen LogP contribution in [-0.4, -0.2) is 25.7 Å². The monoisotopic (exact) mass is 248 g/mol. The summed E-state index contributed by atoms with van der Waals surface area (Å²) in [6.07, 6.45) is 1.10. The molecule has 0 aliphatic heterocycles. The Morgan fingerprint density at radius 1 is 1.28 bits per heavy atom. The molecule has 0 spiro atoms. The van der Waals surface area contributed by atoms with E-state index in [9.17, 15) is 9.59 Å². The number of carbonyl (C=O) groups excluding carboxylic acids is 2. The predicted octanol–water partition coefficient (Wildman–Crippen LogP) is 1.61. The molecule has 0 amide bonds. The number of aryl methyl sites for hydroxylation is 1. The highest BCUT2D eigenvalue weighted by Crippen LogP contribution is 2.41. The van der Waals surface area contributed by atoms with Gasteiger partial charge < -0.3 is 9.47 Å². The molecule has 1 aliphatic carbocycles. The fourth-order valence-corrected chi connectivity index (χ4v) is 2.55. The number of hydrogen-bond donors (Lipinski definition) is 0. The normalized spacial score (nSPS) is 21.2. The van der Waals surface area contributed by atoms with Gasteiger partial charge >= 0.3 is 11.9 Å². The molecular weight excluding hydrogens is 232 g/mol. The Balaban J connectivity index is 2.52. The first-order valence-electron chi connectivity index (χ1n) is 6.00. The second-order valence-electron chi connectivity index (χ2n) is 4.27. The van der Waals surface area contributed by atoms with E-state index in [1.165, 1.54) is 7.11 Å². The van der Waals surface area contributed by atoms with Gasteiger partial charge in [0.1, 0.15) is 0 Å². The van der Waals surface area contributed by atoms with Crippen molar-refractivity contribution in [2.75, 3.05) is 13.7 Å². The lowest BCUT2D eigenvalue weighted by atomic mass is 9.82. The molecule has 18 heavy (non-hydrogen) atoms. The molecule has 0 radical (unpaired) electrons. The van der Waals surface area contributed by atoms with Gasteiger partial charge in [-0.15, -0.1) is 0 Å². The van der Waals surface area contributed by atoms with Crippen molar-refractivity contribution < 1.29 is 19.1 Å². The molecule has 1 aromatic rings. The number of benzene rings is 1. The van der Waals surface area contributed by atoms with Gasteiger partial charge in [-0.25, -0.2) is 0 Å². The lowest BCUT2D eigenvalue weighted by Crippen LogP contribution is -2.44. The Morgan fingerprint density at radius 3 is 2.67 bits per heavy atom. The SMILES string of the molecule is CCOC(=O)C1(C(=O)OC)CCc2ccccc21. The van der Waals surface area contributed by atoms with E-state index in [1.54, 1.807) is 13.0 Å². The van der Waals surface area contributed by atoms with Crippen LogP contribution in [0.2, 0.25) is 0 Å². The van der Waals surface area contributed by atoms with Crippen LogP contribution in [0.3, 0.4) is 0 Å². The smallest absolute Gasteiger partial charge is 0.328 e. The number of ether oxygens (including phenoxy) is 2. The zero-order valence-electron chi connectivity index (χ0n) is 10.6. The van der Waals surface area contributed by atoms with Gasteiger partial charge in [0.05, 0.1) is 13.7 Å². The molecule has 1 aliphatic rings. The highest BCUT2D eigenvalue weighted by molar-refractivity contribution is 6.07. The summed E-state index contributed by atoms with van der Waals surface area (Å²) in [5.41, 5.74) is 0.452. The third kappa shape index (κ3) is 1.68. The van der Waals surface area contributed by atoms with E-state index in [1.807, 2.05) is 18.2 Å². The molecule has 0 bridgehead atoms. The van der Waals surface area contributed by atoms with Gasteiger partial charge in [-0.2, -0.15) is 0 Å². The minimum atomic E-state index is -1.28. The van der Waals surface area contributed by atoms with E-state index >= 15 is 0 Å². The lowest BCUT2D eigenvalue weighted by molar-refractivity contribution is -0.163. The average Bonchev–Trinajstić information content (AvgIpc) is 2.79. The minimum Gasteiger partial charge on any atom is -0.468 e. The molecule has 0 saturated carbocycles. The maximum Gasteiger partial charge on any atom is 0.328 e. The molecule has 96 valence electrons. The van der Waals surface area contributed by atoms with Crippen molar-refractivity contribution in [2.24, 2.45) is 0 Å². The van der Waals surface area contributed by atoms with Crippen molar-refractivity contribution in [3.8, 4) is 0 Å². The van der Waals surface area contributed by atoms with Crippen molar-refractivity contribution in [1.29, 1.82) is 0 Å². The first-order chi connectivity index (χ1) is 8.66. The van der Waals surface area contributed by atoms with Crippen molar-refractivity contribution in [3.63, 3.8) is 0 Å². The van der Waals surface area contributed by atoms with Crippen LogP contribution in [0.25, 0.3) is 0 Å². The molecule has 1 atom stereocenters. The van der Waals surface area contributed by atoms with Crippen LogP contribution < -0.4 is 0 Å². The summed E-state index contributed by atoms with van der Waals surface area (Å²) in [6.45, 7) is 1.98. The molecule has 0 fully saturated rings. The lowest BCUT2D eigenvalue weighted by Gasteiger charge is -2.24. The summed E-state index contributed by atoms with van der Waals surface area (Å²) in [5.74, 6) is -1.05. The molecular formula is C14H16O4. The topological polar surface area (TPSA) is 52.6 Å². The van der Waals surface area contributed by atoms with Crippen LogP contribution in [-0.2, 0) is 30.9 Å². The summed E-state index contributed by atoms with van der Waals surface area (Å²) >= 11 is 0. The number of methoxy groups -OCH3 is 1. The highest BCUT2D eigenvalue weighted by Gasteiger charge is 2.53. The van der Waals surface area contributed by atoms with Gasteiger partial charge in [0.2, 0.25) is 0 Å². The third-order valence-corrected chi connectivity index (χ3v) is 3.40. The average molecular weight is 248 g/mol. The molecule has 1 aromatic carbocycles. The van der Waals surface area contributed by atoms with Crippen LogP contribution in [0.4, 0.5) is 0 Å². The first-order valence-corrected chi connectivity index (χ1v) is 6.00. The van der Waals surface area contributed by atoms with E-state index in [2.05, 4.69) is 0 Å².